The van der Waals surface area contributed by atoms with Gasteiger partial charge in [0.25, 0.3) is 0 Å². The number of aromatic amines is 1. The van der Waals surface area contributed by atoms with Gasteiger partial charge in [0.2, 0.25) is 6.29 Å². The van der Waals surface area contributed by atoms with Gasteiger partial charge in [0.1, 0.15) is 24.1 Å². The van der Waals surface area contributed by atoms with Crippen LogP contribution in [0.2, 0.25) is 5.02 Å². The van der Waals surface area contributed by atoms with Gasteiger partial charge in [0, 0.05) is 10.7 Å². The predicted octanol–water partition coefficient (Wildman–Crippen LogP) is 1.79. The number of halogens is 2. The first kappa shape index (κ1) is 16.0. The Morgan fingerprint density at radius 2 is 1.95 bits per heavy atom. The van der Waals surface area contributed by atoms with Crippen molar-refractivity contribution < 1.29 is 24.8 Å². The molecule has 0 amide bonds. The van der Waals surface area contributed by atoms with Crippen molar-refractivity contribution in [1.29, 1.82) is 0 Å². The molecule has 0 radical (unpaired) electrons. The number of nitrogens with one attached hydrogen (secondary N) is 1. The molecule has 120 valence electrons. The highest BCUT2D eigenvalue weighted by molar-refractivity contribution is 9.10. The SMILES string of the molecule is C[C@H]1OC(Oc2c[nH]c3ccc(Br)c(Cl)c23)[C@H](O)[C@@H](O)[C@@H]1O. The number of benzene rings is 1. The van der Waals surface area contributed by atoms with Crippen LogP contribution in [0, 0.1) is 0 Å². The molecule has 1 unspecified atom stereocenters. The molecule has 5 atom stereocenters. The molecule has 1 fully saturated rings. The summed E-state index contributed by atoms with van der Waals surface area (Å²) in [6.07, 6.45) is -4.07. The van der Waals surface area contributed by atoms with E-state index in [2.05, 4.69) is 20.9 Å². The minimum atomic E-state index is -1.37. The van der Waals surface area contributed by atoms with Gasteiger partial charge in [-0.2, -0.15) is 0 Å². The van der Waals surface area contributed by atoms with Gasteiger partial charge in [-0.05, 0) is 35.0 Å². The monoisotopic (exact) mass is 391 g/mol. The number of ether oxygens (including phenoxy) is 2. The highest BCUT2D eigenvalue weighted by Crippen LogP contribution is 2.38. The molecule has 2 heterocycles. The fourth-order valence-electron chi connectivity index (χ4n) is 2.46. The Morgan fingerprint density at radius 3 is 2.68 bits per heavy atom. The van der Waals surface area contributed by atoms with E-state index in [0.29, 0.717) is 20.6 Å². The third kappa shape index (κ3) is 2.62. The summed E-state index contributed by atoms with van der Waals surface area (Å²) in [7, 11) is 0. The van der Waals surface area contributed by atoms with Crippen LogP contribution in [0.4, 0.5) is 0 Å². The molecule has 8 heteroatoms. The molecule has 1 saturated heterocycles. The first-order chi connectivity index (χ1) is 10.4. The van der Waals surface area contributed by atoms with Crippen molar-refractivity contribution in [3.63, 3.8) is 0 Å². The van der Waals surface area contributed by atoms with Crippen LogP contribution in [-0.4, -0.2) is 51.0 Å². The Hall–Kier alpha value is -0.830. The van der Waals surface area contributed by atoms with Gasteiger partial charge < -0.3 is 29.8 Å². The Morgan fingerprint density at radius 1 is 1.23 bits per heavy atom. The van der Waals surface area contributed by atoms with E-state index in [1.165, 1.54) is 0 Å². The molecule has 1 aliphatic heterocycles. The van der Waals surface area contributed by atoms with Gasteiger partial charge >= 0.3 is 0 Å². The van der Waals surface area contributed by atoms with Gasteiger partial charge in [-0.25, -0.2) is 0 Å². The van der Waals surface area contributed by atoms with E-state index in [4.69, 9.17) is 21.1 Å². The summed E-state index contributed by atoms with van der Waals surface area (Å²) in [6.45, 7) is 1.59. The fourth-order valence-corrected chi connectivity index (χ4v) is 3.04. The van der Waals surface area contributed by atoms with Gasteiger partial charge in [-0.15, -0.1) is 0 Å². The van der Waals surface area contributed by atoms with E-state index in [1.807, 2.05) is 6.07 Å². The lowest BCUT2D eigenvalue weighted by atomic mass is 10.00. The maximum absolute atomic E-state index is 10.0. The Labute approximate surface area is 139 Å². The molecule has 1 aromatic carbocycles. The molecular formula is C14H15BrClNO5. The van der Waals surface area contributed by atoms with Gasteiger partial charge in [-0.3, -0.25) is 0 Å². The van der Waals surface area contributed by atoms with Gasteiger partial charge in [0.15, 0.2) is 0 Å². The van der Waals surface area contributed by atoms with E-state index in [-0.39, 0.29) is 0 Å². The number of aliphatic hydroxyl groups excluding tert-OH is 3. The number of hydrogen-bond donors (Lipinski definition) is 4. The average molecular weight is 393 g/mol. The second-order valence-corrected chi connectivity index (χ2v) is 6.47. The number of aromatic nitrogens is 1. The maximum Gasteiger partial charge on any atom is 0.229 e. The van der Waals surface area contributed by atoms with E-state index in [9.17, 15) is 15.3 Å². The molecule has 1 aromatic heterocycles. The summed E-state index contributed by atoms with van der Waals surface area (Å²) < 4.78 is 11.8. The number of H-pyrrole nitrogens is 1. The molecule has 22 heavy (non-hydrogen) atoms. The summed E-state index contributed by atoms with van der Waals surface area (Å²) >= 11 is 9.61. The van der Waals surface area contributed by atoms with Crippen LogP contribution in [0.25, 0.3) is 10.9 Å². The lowest BCUT2D eigenvalue weighted by Crippen LogP contribution is -2.58. The van der Waals surface area contributed by atoms with Crippen LogP contribution in [0.3, 0.4) is 0 Å². The minimum absolute atomic E-state index is 0.390. The quantitative estimate of drug-likeness (QED) is 0.625. The number of hydrogen-bond acceptors (Lipinski definition) is 5. The summed E-state index contributed by atoms with van der Waals surface area (Å²) in [5.74, 6) is 0.390. The van der Waals surface area contributed by atoms with Crippen molar-refractivity contribution in [3.05, 3.63) is 27.8 Å². The second kappa shape index (κ2) is 5.99. The molecule has 2 aromatic rings. The lowest BCUT2D eigenvalue weighted by molar-refractivity contribution is -0.267. The maximum atomic E-state index is 10.0. The van der Waals surface area contributed by atoms with E-state index in [1.54, 1.807) is 19.2 Å². The van der Waals surface area contributed by atoms with Crippen LogP contribution in [0.5, 0.6) is 5.75 Å². The highest BCUT2D eigenvalue weighted by atomic mass is 79.9. The van der Waals surface area contributed by atoms with Crippen molar-refractivity contribution in [2.45, 2.75) is 37.6 Å². The Kier molecular flexibility index (Phi) is 4.37. The summed E-state index contributed by atoms with van der Waals surface area (Å²) in [5, 5.41) is 30.6. The van der Waals surface area contributed by atoms with E-state index >= 15 is 0 Å². The molecule has 0 spiro atoms. The highest BCUT2D eigenvalue weighted by Gasteiger charge is 2.43. The smallest absolute Gasteiger partial charge is 0.229 e. The minimum Gasteiger partial charge on any atom is -0.460 e. The standard InChI is InChI=1S/C14H15BrClNO5/c1-5-11(18)12(19)13(20)14(21-5)22-8-4-17-7-3-2-6(15)10(16)9(7)8/h2-5,11-14,17-20H,1H3/t5-,11-,12+,13-,14?/m1/s1. The van der Waals surface area contributed by atoms with Crippen LogP contribution < -0.4 is 4.74 Å². The number of fused-ring (bicyclic) bond motifs is 1. The zero-order valence-electron chi connectivity index (χ0n) is 11.5. The van der Waals surface area contributed by atoms with Crippen molar-refractivity contribution in [2.75, 3.05) is 0 Å². The summed E-state index contributed by atoms with van der Waals surface area (Å²) in [4.78, 5) is 3.01. The van der Waals surface area contributed by atoms with Gasteiger partial charge in [0.05, 0.1) is 22.0 Å². The normalized spacial score (nSPS) is 32.4. The second-order valence-electron chi connectivity index (χ2n) is 5.24. The van der Waals surface area contributed by atoms with Crippen molar-refractivity contribution in [1.82, 2.24) is 4.98 Å². The first-order valence-electron chi connectivity index (χ1n) is 6.71. The Balaban J connectivity index is 1.92. The molecule has 4 N–H and O–H groups in total. The molecule has 6 nitrogen and oxygen atoms in total. The van der Waals surface area contributed by atoms with Crippen LogP contribution >= 0.6 is 27.5 Å². The van der Waals surface area contributed by atoms with E-state index < -0.39 is 30.7 Å². The summed E-state index contributed by atoms with van der Waals surface area (Å²) in [6, 6.07) is 3.64. The molecule has 0 aliphatic carbocycles. The van der Waals surface area contributed by atoms with Crippen LogP contribution in [0.1, 0.15) is 6.92 Å². The molecule has 3 rings (SSSR count). The molecule has 0 bridgehead atoms. The largest absolute Gasteiger partial charge is 0.460 e. The van der Waals surface area contributed by atoms with Crippen molar-refractivity contribution >= 4 is 38.4 Å². The third-order valence-corrected chi connectivity index (χ3v) is 5.03. The topological polar surface area (TPSA) is 94.9 Å². The number of aliphatic hydroxyl groups is 3. The third-order valence-electron chi connectivity index (χ3n) is 3.75. The van der Waals surface area contributed by atoms with E-state index in [0.717, 1.165) is 5.52 Å². The fraction of sp³-hybridized carbons (Fsp3) is 0.429. The lowest BCUT2D eigenvalue weighted by Gasteiger charge is -2.38. The first-order valence-corrected chi connectivity index (χ1v) is 7.88. The van der Waals surface area contributed by atoms with Crippen LogP contribution in [-0.2, 0) is 4.74 Å². The molecule has 0 saturated carbocycles. The van der Waals surface area contributed by atoms with Crippen molar-refractivity contribution in [3.8, 4) is 5.75 Å². The zero-order chi connectivity index (χ0) is 16.0. The van der Waals surface area contributed by atoms with Crippen LogP contribution in [0.15, 0.2) is 22.8 Å². The number of rotatable bonds is 2. The average Bonchev–Trinajstić information content (AvgIpc) is 2.90. The zero-order valence-corrected chi connectivity index (χ0v) is 13.9. The predicted molar refractivity (Wildman–Crippen MR) is 84.0 cm³/mol. The van der Waals surface area contributed by atoms with Crippen molar-refractivity contribution in [2.24, 2.45) is 0 Å². The molecule has 1 aliphatic rings. The summed E-state index contributed by atoms with van der Waals surface area (Å²) in [5.41, 5.74) is 0.766. The van der Waals surface area contributed by atoms with Gasteiger partial charge in [-0.1, -0.05) is 11.6 Å². The molecular weight excluding hydrogens is 378 g/mol. The Bertz CT molecular complexity index is 693.